The summed E-state index contributed by atoms with van der Waals surface area (Å²) in [6.07, 6.45) is 10.3. The molecule has 2 aliphatic rings. The molecule has 0 spiro atoms. The van der Waals surface area contributed by atoms with E-state index in [1.54, 1.807) is 0 Å². The van der Waals surface area contributed by atoms with Gasteiger partial charge in [-0.15, -0.1) is 0 Å². The van der Waals surface area contributed by atoms with Gasteiger partial charge in [0.25, 0.3) is 8.32 Å². The fraction of sp³-hybridized carbons (Fsp3) is 0.450. The lowest BCUT2D eigenvalue weighted by atomic mass is 9.95. The van der Waals surface area contributed by atoms with Crippen molar-refractivity contribution in [3.05, 3.63) is 53.8 Å². The van der Waals surface area contributed by atoms with Crippen molar-refractivity contribution in [1.29, 1.82) is 0 Å². The molecule has 0 bridgehead atoms. The summed E-state index contributed by atoms with van der Waals surface area (Å²) in [7, 11) is -2.41. The van der Waals surface area contributed by atoms with Gasteiger partial charge in [-0.05, 0) is 28.3 Å². The third-order valence-electron chi connectivity index (χ3n) is 4.89. The Morgan fingerprint density at radius 1 is 1.09 bits per heavy atom. The van der Waals surface area contributed by atoms with Gasteiger partial charge in [-0.25, -0.2) is 0 Å². The van der Waals surface area contributed by atoms with E-state index in [2.05, 4.69) is 69.3 Å². The average molecular weight is 327 g/mol. The molecule has 1 aromatic rings. The van der Waals surface area contributed by atoms with Crippen LogP contribution in [0.1, 0.15) is 46.5 Å². The SMILES string of the molecule is CC(C)(C)[Si](OC1CC(=O)C1)(C1=CCCC=C1)c1ccccc1. The summed E-state index contributed by atoms with van der Waals surface area (Å²) in [6, 6.07) is 10.7. The molecule has 0 heterocycles. The van der Waals surface area contributed by atoms with E-state index in [0.29, 0.717) is 18.6 Å². The Morgan fingerprint density at radius 3 is 2.30 bits per heavy atom. The van der Waals surface area contributed by atoms with Crippen LogP contribution in [0.2, 0.25) is 5.04 Å². The van der Waals surface area contributed by atoms with Crippen LogP contribution >= 0.6 is 0 Å². The highest BCUT2D eigenvalue weighted by Crippen LogP contribution is 2.44. The number of carbonyl (C=O) groups is 1. The summed E-state index contributed by atoms with van der Waals surface area (Å²) in [5.74, 6) is 0.327. The molecule has 0 saturated heterocycles. The van der Waals surface area contributed by atoms with E-state index in [4.69, 9.17) is 4.43 Å². The van der Waals surface area contributed by atoms with Crippen molar-refractivity contribution in [3.8, 4) is 0 Å². The summed E-state index contributed by atoms with van der Waals surface area (Å²) < 4.78 is 6.83. The van der Waals surface area contributed by atoms with Crippen molar-refractivity contribution >= 4 is 19.3 Å². The second-order valence-corrected chi connectivity index (χ2v) is 11.9. The lowest BCUT2D eigenvalue weighted by Crippen LogP contribution is -2.62. The molecular weight excluding hydrogens is 300 g/mol. The van der Waals surface area contributed by atoms with Gasteiger partial charge in [-0.1, -0.05) is 69.3 Å². The van der Waals surface area contributed by atoms with Crippen LogP contribution in [0.15, 0.2) is 53.8 Å². The van der Waals surface area contributed by atoms with Crippen molar-refractivity contribution in [2.75, 3.05) is 0 Å². The maximum absolute atomic E-state index is 11.5. The van der Waals surface area contributed by atoms with Crippen LogP contribution in [0, 0.1) is 0 Å². The van der Waals surface area contributed by atoms with Crippen LogP contribution in [0.5, 0.6) is 0 Å². The first kappa shape index (κ1) is 16.4. The molecule has 1 unspecified atom stereocenters. The second kappa shape index (κ2) is 6.21. The molecule has 0 N–H and O–H groups in total. The summed E-state index contributed by atoms with van der Waals surface area (Å²) in [5.41, 5.74) is 0. The minimum atomic E-state index is -2.41. The minimum absolute atomic E-state index is 0.0144. The van der Waals surface area contributed by atoms with Gasteiger partial charge in [0.15, 0.2) is 0 Å². The summed E-state index contributed by atoms with van der Waals surface area (Å²) in [4.78, 5) is 11.5. The molecule has 1 saturated carbocycles. The fourth-order valence-electron chi connectivity index (χ4n) is 3.67. The third kappa shape index (κ3) is 3.00. The van der Waals surface area contributed by atoms with Crippen molar-refractivity contribution in [2.45, 2.75) is 57.6 Å². The molecule has 23 heavy (non-hydrogen) atoms. The van der Waals surface area contributed by atoms with Crippen molar-refractivity contribution < 1.29 is 9.22 Å². The topological polar surface area (TPSA) is 26.3 Å². The predicted octanol–water partition coefficient (Wildman–Crippen LogP) is 4.20. The number of carbonyl (C=O) groups excluding carboxylic acids is 1. The van der Waals surface area contributed by atoms with Crippen LogP contribution in [-0.2, 0) is 9.22 Å². The smallest absolute Gasteiger partial charge is 0.261 e. The Bertz CT molecular complexity index is 631. The number of hydrogen-bond donors (Lipinski definition) is 0. The van der Waals surface area contributed by atoms with E-state index in [1.165, 1.54) is 10.4 Å². The quantitative estimate of drug-likeness (QED) is 0.775. The molecule has 0 amide bonds. The van der Waals surface area contributed by atoms with Gasteiger partial charge in [-0.2, -0.15) is 0 Å². The zero-order valence-corrected chi connectivity index (χ0v) is 15.3. The van der Waals surface area contributed by atoms with E-state index in [-0.39, 0.29) is 11.1 Å². The highest BCUT2D eigenvalue weighted by Gasteiger charge is 2.53. The van der Waals surface area contributed by atoms with Gasteiger partial charge in [0.2, 0.25) is 0 Å². The lowest BCUT2D eigenvalue weighted by Gasteiger charge is -2.47. The first-order chi connectivity index (χ1) is 10.9. The number of ketones is 1. The van der Waals surface area contributed by atoms with Crippen LogP contribution in [0.4, 0.5) is 0 Å². The zero-order valence-electron chi connectivity index (χ0n) is 14.3. The number of rotatable bonds is 4. The van der Waals surface area contributed by atoms with Gasteiger partial charge in [0.1, 0.15) is 5.78 Å². The van der Waals surface area contributed by atoms with E-state index in [9.17, 15) is 4.79 Å². The van der Waals surface area contributed by atoms with Gasteiger partial charge < -0.3 is 4.43 Å². The standard InChI is InChI=1S/C20H26O2Si/c1-20(2,3)23(18-10-6-4-7-11-18,19-12-8-5-9-13-19)22-17-14-16(21)15-17/h4,6-8,10-13,17H,5,9,14-15H2,1-3H3. The van der Waals surface area contributed by atoms with E-state index >= 15 is 0 Å². The highest BCUT2D eigenvalue weighted by atomic mass is 28.4. The maximum Gasteiger partial charge on any atom is 0.261 e. The van der Waals surface area contributed by atoms with E-state index < -0.39 is 8.32 Å². The zero-order chi connectivity index (χ0) is 16.5. The summed E-state index contributed by atoms with van der Waals surface area (Å²) in [5, 5.41) is 2.69. The summed E-state index contributed by atoms with van der Waals surface area (Å²) in [6.45, 7) is 6.86. The summed E-state index contributed by atoms with van der Waals surface area (Å²) >= 11 is 0. The monoisotopic (exact) mass is 326 g/mol. The molecule has 0 aliphatic heterocycles. The van der Waals surface area contributed by atoms with Crippen LogP contribution in [-0.4, -0.2) is 20.2 Å². The van der Waals surface area contributed by atoms with E-state index in [1.807, 2.05) is 0 Å². The first-order valence-corrected chi connectivity index (χ1v) is 10.5. The van der Waals surface area contributed by atoms with Crippen molar-refractivity contribution in [2.24, 2.45) is 0 Å². The maximum atomic E-state index is 11.5. The predicted molar refractivity (Wildman–Crippen MR) is 97.1 cm³/mol. The Labute approximate surface area is 140 Å². The van der Waals surface area contributed by atoms with Crippen molar-refractivity contribution in [1.82, 2.24) is 0 Å². The fourth-order valence-corrected chi connectivity index (χ4v) is 8.48. The molecule has 0 radical (unpaired) electrons. The van der Waals surface area contributed by atoms with E-state index in [0.717, 1.165) is 12.8 Å². The molecule has 1 aromatic carbocycles. The number of hydrogen-bond acceptors (Lipinski definition) is 2. The van der Waals surface area contributed by atoms with Gasteiger partial charge >= 0.3 is 0 Å². The van der Waals surface area contributed by atoms with Crippen LogP contribution in [0.25, 0.3) is 0 Å². The molecule has 1 fully saturated rings. The molecule has 3 heteroatoms. The molecule has 1 atom stereocenters. The lowest BCUT2D eigenvalue weighted by molar-refractivity contribution is -0.129. The average Bonchev–Trinajstić information content (AvgIpc) is 2.51. The molecule has 2 aliphatic carbocycles. The Balaban J connectivity index is 2.10. The molecule has 122 valence electrons. The van der Waals surface area contributed by atoms with Crippen LogP contribution < -0.4 is 5.19 Å². The van der Waals surface area contributed by atoms with Gasteiger partial charge in [0, 0.05) is 12.8 Å². The molecule has 3 rings (SSSR count). The second-order valence-electron chi connectivity index (χ2n) is 7.62. The number of Topliss-reactive ketones (excluding diaryl/α,β-unsaturated/α-hetero) is 1. The highest BCUT2D eigenvalue weighted by molar-refractivity contribution is 6.95. The third-order valence-corrected chi connectivity index (χ3v) is 10.0. The largest absolute Gasteiger partial charge is 0.404 e. The molecule has 0 aromatic heterocycles. The number of allylic oxidation sites excluding steroid dienone is 4. The Morgan fingerprint density at radius 2 is 1.78 bits per heavy atom. The molecule has 2 nitrogen and oxygen atoms in total. The molecular formula is C20H26O2Si. The van der Waals surface area contributed by atoms with Crippen LogP contribution in [0.3, 0.4) is 0 Å². The minimum Gasteiger partial charge on any atom is -0.404 e. The Kier molecular flexibility index (Phi) is 4.43. The van der Waals surface area contributed by atoms with Gasteiger partial charge in [-0.3, -0.25) is 4.79 Å². The Hall–Kier alpha value is -1.45. The number of benzene rings is 1. The van der Waals surface area contributed by atoms with Crippen molar-refractivity contribution in [3.63, 3.8) is 0 Å². The van der Waals surface area contributed by atoms with Gasteiger partial charge in [0.05, 0.1) is 6.10 Å². The normalized spacial score (nSPS) is 21.5. The first-order valence-electron chi connectivity index (χ1n) is 8.56.